The van der Waals surface area contributed by atoms with E-state index < -0.39 is 0 Å². The zero-order valence-corrected chi connectivity index (χ0v) is 8.40. The van der Waals surface area contributed by atoms with E-state index >= 15 is 0 Å². The molecule has 1 N–H and O–H groups in total. The lowest BCUT2D eigenvalue weighted by Crippen LogP contribution is -2.23. The lowest BCUT2D eigenvalue weighted by molar-refractivity contribution is 0.680. The van der Waals surface area contributed by atoms with Gasteiger partial charge >= 0.3 is 0 Å². The standard InChI is InChI=1S/C13H15N/c1-11-5-4-6-12(9-11)10-14-13-7-2-3-8-13/h2-9,13-14H,10H2,1H3. The highest BCUT2D eigenvalue weighted by Crippen LogP contribution is 2.05. The molecule has 0 aliphatic heterocycles. The molecule has 1 heteroatoms. The summed E-state index contributed by atoms with van der Waals surface area (Å²) in [5.74, 6) is 0. The fourth-order valence-corrected chi connectivity index (χ4v) is 1.63. The van der Waals surface area contributed by atoms with Crippen LogP contribution in [-0.2, 0) is 6.54 Å². The second kappa shape index (κ2) is 4.25. The second-order valence-corrected chi connectivity index (χ2v) is 3.67. The Kier molecular flexibility index (Phi) is 2.80. The number of benzene rings is 1. The molecule has 2 rings (SSSR count). The molecule has 0 saturated carbocycles. The molecule has 0 atom stereocenters. The normalized spacial score (nSPS) is 15.2. The van der Waals surface area contributed by atoms with Crippen molar-refractivity contribution in [1.29, 1.82) is 0 Å². The Bertz CT molecular complexity index is 351. The van der Waals surface area contributed by atoms with Gasteiger partial charge in [0.05, 0.1) is 0 Å². The van der Waals surface area contributed by atoms with Crippen LogP contribution in [0.1, 0.15) is 11.1 Å². The summed E-state index contributed by atoms with van der Waals surface area (Å²) < 4.78 is 0. The van der Waals surface area contributed by atoms with Gasteiger partial charge in [-0.05, 0) is 12.5 Å². The summed E-state index contributed by atoms with van der Waals surface area (Å²) in [6, 6.07) is 9.01. The molecule has 0 fully saturated rings. The van der Waals surface area contributed by atoms with E-state index in [1.807, 2.05) is 0 Å². The van der Waals surface area contributed by atoms with Crippen molar-refractivity contribution in [2.24, 2.45) is 0 Å². The highest BCUT2D eigenvalue weighted by Gasteiger charge is 2.01. The predicted molar refractivity (Wildman–Crippen MR) is 60.1 cm³/mol. The van der Waals surface area contributed by atoms with Crippen LogP contribution in [0.4, 0.5) is 0 Å². The van der Waals surface area contributed by atoms with Crippen molar-refractivity contribution in [2.45, 2.75) is 19.5 Å². The van der Waals surface area contributed by atoms with E-state index in [-0.39, 0.29) is 0 Å². The lowest BCUT2D eigenvalue weighted by atomic mass is 10.1. The van der Waals surface area contributed by atoms with Crippen LogP contribution in [-0.4, -0.2) is 6.04 Å². The van der Waals surface area contributed by atoms with Crippen molar-refractivity contribution in [3.8, 4) is 0 Å². The molecule has 0 radical (unpaired) electrons. The Morgan fingerprint density at radius 3 is 2.71 bits per heavy atom. The first-order chi connectivity index (χ1) is 6.84. The molecule has 1 aliphatic carbocycles. The van der Waals surface area contributed by atoms with E-state index in [4.69, 9.17) is 0 Å². The Morgan fingerprint density at radius 2 is 2.00 bits per heavy atom. The summed E-state index contributed by atoms with van der Waals surface area (Å²) in [5.41, 5.74) is 2.67. The second-order valence-electron chi connectivity index (χ2n) is 3.67. The molecule has 14 heavy (non-hydrogen) atoms. The van der Waals surface area contributed by atoms with Crippen LogP contribution < -0.4 is 5.32 Å². The summed E-state index contributed by atoms with van der Waals surface area (Å²) in [7, 11) is 0. The fraction of sp³-hybridized carbons (Fsp3) is 0.231. The van der Waals surface area contributed by atoms with Gasteiger partial charge in [-0.25, -0.2) is 0 Å². The Hall–Kier alpha value is -1.34. The van der Waals surface area contributed by atoms with Gasteiger partial charge < -0.3 is 5.32 Å². The lowest BCUT2D eigenvalue weighted by Gasteiger charge is -2.08. The van der Waals surface area contributed by atoms with Crippen LogP contribution in [0.2, 0.25) is 0 Å². The monoisotopic (exact) mass is 185 g/mol. The summed E-state index contributed by atoms with van der Waals surface area (Å²) in [6.45, 7) is 3.06. The van der Waals surface area contributed by atoms with Crippen LogP contribution in [0.3, 0.4) is 0 Å². The van der Waals surface area contributed by atoms with Gasteiger partial charge in [-0.15, -0.1) is 0 Å². The predicted octanol–water partition coefficient (Wildman–Crippen LogP) is 2.58. The van der Waals surface area contributed by atoms with E-state index in [0.717, 1.165) is 6.54 Å². The highest BCUT2D eigenvalue weighted by molar-refractivity contribution is 5.24. The first kappa shape index (κ1) is 9.22. The largest absolute Gasteiger partial charge is 0.303 e. The summed E-state index contributed by atoms with van der Waals surface area (Å²) >= 11 is 0. The smallest absolute Gasteiger partial charge is 0.0444 e. The maximum atomic E-state index is 3.45. The topological polar surface area (TPSA) is 12.0 Å². The van der Waals surface area contributed by atoms with Gasteiger partial charge in [0.25, 0.3) is 0 Å². The molecule has 0 amide bonds. The average Bonchev–Trinajstić information content (AvgIpc) is 2.67. The van der Waals surface area contributed by atoms with Crippen LogP contribution >= 0.6 is 0 Å². The minimum Gasteiger partial charge on any atom is -0.303 e. The average molecular weight is 185 g/mol. The third kappa shape index (κ3) is 2.33. The molecule has 0 spiro atoms. The zero-order valence-electron chi connectivity index (χ0n) is 8.40. The molecule has 0 aromatic heterocycles. The molecule has 0 saturated heterocycles. The molecular weight excluding hydrogens is 170 g/mol. The molecule has 1 aromatic carbocycles. The molecule has 1 aromatic rings. The number of hydrogen-bond donors (Lipinski definition) is 1. The molecular formula is C13H15N. The van der Waals surface area contributed by atoms with Crippen LogP contribution in [0.15, 0.2) is 48.6 Å². The summed E-state index contributed by atoms with van der Waals surface area (Å²) in [6.07, 6.45) is 8.48. The van der Waals surface area contributed by atoms with Crippen molar-refractivity contribution in [1.82, 2.24) is 5.32 Å². The molecule has 1 aliphatic rings. The maximum absolute atomic E-state index is 3.45. The molecule has 0 heterocycles. The van der Waals surface area contributed by atoms with Crippen LogP contribution in [0.5, 0.6) is 0 Å². The van der Waals surface area contributed by atoms with E-state index in [9.17, 15) is 0 Å². The van der Waals surface area contributed by atoms with Crippen molar-refractivity contribution in [3.63, 3.8) is 0 Å². The fourth-order valence-electron chi connectivity index (χ4n) is 1.63. The Balaban J connectivity index is 1.91. The highest BCUT2D eigenvalue weighted by atomic mass is 14.9. The third-order valence-corrected chi connectivity index (χ3v) is 2.37. The first-order valence-electron chi connectivity index (χ1n) is 4.98. The van der Waals surface area contributed by atoms with Crippen molar-refractivity contribution < 1.29 is 0 Å². The zero-order chi connectivity index (χ0) is 9.80. The molecule has 0 bridgehead atoms. The van der Waals surface area contributed by atoms with Gasteiger partial charge in [0.15, 0.2) is 0 Å². The van der Waals surface area contributed by atoms with Gasteiger partial charge in [0.2, 0.25) is 0 Å². The quantitative estimate of drug-likeness (QED) is 0.763. The van der Waals surface area contributed by atoms with Crippen molar-refractivity contribution in [2.75, 3.05) is 0 Å². The van der Waals surface area contributed by atoms with E-state index in [0.29, 0.717) is 6.04 Å². The Morgan fingerprint density at radius 1 is 1.21 bits per heavy atom. The van der Waals surface area contributed by atoms with Gasteiger partial charge in [-0.3, -0.25) is 0 Å². The van der Waals surface area contributed by atoms with E-state index in [1.165, 1.54) is 11.1 Å². The van der Waals surface area contributed by atoms with Crippen LogP contribution in [0.25, 0.3) is 0 Å². The van der Waals surface area contributed by atoms with Crippen molar-refractivity contribution in [3.05, 3.63) is 59.7 Å². The number of aryl methyl sites for hydroxylation is 1. The Labute approximate surface area is 85.2 Å². The maximum Gasteiger partial charge on any atom is 0.0444 e. The van der Waals surface area contributed by atoms with Gasteiger partial charge in [-0.2, -0.15) is 0 Å². The van der Waals surface area contributed by atoms with Gasteiger partial charge in [-0.1, -0.05) is 54.1 Å². The third-order valence-electron chi connectivity index (χ3n) is 2.37. The van der Waals surface area contributed by atoms with Crippen molar-refractivity contribution >= 4 is 0 Å². The minimum absolute atomic E-state index is 0.413. The molecule has 72 valence electrons. The number of rotatable bonds is 3. The molecule has 0 unspecified atom stereocenters. The van der Waals surface area contributed by atoms with Gasteiger partial charge in [0, 0.05) is 12.6 Å². The first-order valence-corrected chi connectivity index (χ1v) is 4.98. The summed E-state index contributed by atoms with van der Waals surface area (Å²) in [4.78, 5) is 0. The van der Waals surface area contributed by atoms with E-state index in [1.54, 1.807) is 0 Å². The van der Waals surface area contributed by atoms with Crippen LogP contribution in [0, 0.1) is 6.92 Å². The number of allylic oxidation sites excluding steroid dienone is 2. The summed E-state index contributed by atoms with van der Waals surface area (Å²) in [5, 5.41) is 3.45. The SMILES string of the molecule is Cc1cccc(CNC2C=CC=C2)c1. The molecule has 1 nitrogen and oxygen atoms in total. The van der Waals surface area contributed by atoms with E-state index in [2.05, 4.69) is 60.8 Å². The van der Waals surface area contributed by atoms with Gasteiger partial charge in [0.1, 0.15) is 0 Å². The number of nitrogens with one attached hydrogen (secondary N) is 1. The number of hydrogen-bond acceptors (Lipinski definition) is 1. The minimum atomic E-state index is 0.413.